The number of alkyl carbamates (subject to hydrolysis) is 2. The number of carbonyl (C=O) groups excluding carboxylic acids is 4. The Labute approximate surface area is 428 Å². The number of nitrogens with zero attached hydrogens (tertiary/aromatic N) is 3. The molecule has 4 aromatic heterocycles. The van der Waals surface area contributed by atoms with Crippen molar-refractivity contribution in [2.75, 3.05) is 33.9 Å². The second kappa shape index (κ2) is 20.3. The number of thiazole rings is 1. The summed E-state index contributed by atoms with van der Waals surface area (Å²) in [5, 5.41) is 7.88. The molecule has 18 nitrogen and oxygen atoms in total. The summed E-state index contributed by atoms with van der Waals surface area (Å²) in [6.45, 7) is 13.9. The normalized spacial score (nSPS) is 21.1. The van der Waals surface area contributed by atoms with Gasteiger partial charge in [-0.1, -0.05) is 32.1 Å². The number of rotatable bonds is 13. The lowest BCUT2D eigenvalue weighted by Crippen LogP contribution is -2.55. The number of carbonyl (C=O) groups is 4. The minimum atomic E-state index is -0.735. The largest absolute Gasteiger partial charge is 0.464 e. The molecule has 6 atom stereocenters. The summed E-state index contributed by atoms with van der Waals surface area (Å²) >= 11 is 1.73. The number of aromatic nitrogens is 6. The first-order chi connectivity index (χ1) is 35.1. The topological polar surface area (TPSA) is 215 Å². The fourth-order valence-electron chi connectivity index (χ4n) is 11.6. The summed E-state index contributed by atoms with van der Waals surface area (Å²) in [5.74, 6) is 1.95. The summed E-state index contributed by atoms with van der Waals surface area (Å²) < 4.78 is 25.2. The van der Waals surface area contributed by atoms with E-state index in [1.807, 2.05) is 49.9 Å². The van der Waals surface area contributed by atoms with Gasteiger partial charge in [-0.2, -0.15) is 0 Å². The van der Waals surface area contributed by atoms with E-state index in [4.69, 9.17) is 18.9 Å². The zero-order chi connectivity index (χ0) is 51.3. The second-order valence-corrected chi connectivity index (χ2v) is 22.1. The number of nitrogens with one attached hydrogen (secondary N) is 7. The minimum Gasteiger partial charge on any atom is -0.464 e. The van der Waals surface area contributed by atoms with Gasteiger partial charge < -0.3 is 39.4 Å². The second-order valence-electron chi connectivity index (χ2n) is 21.0. The lowest BCUT2D eigenvalue weighted by molar-refractivity contribution is -0.393. The van der Waals surface area contributed by atoms with E-state index in [1.54, 1.807) is 11.3 Å². The maximum atomic E-state index is 14.5. The number of ether oxygens (including phenoxy) is 4. The van der Waals surface area contributed by atoms with Gasteiger partial charge in [0.2, 0.25) is 23.0 Å². The number of amides is 4. The van der Waals surface area contributed by atoms with Gasteiger partial charge in [-0.15, -0.1) is 0 Å². The molecule has 3 saturated heterocycles. The van der Waals surface area contributed by atoms with E-state index in [0.29, 0.717) is 32.5 Å². The lowest BCUT2D eigenvalue weighted by atomic mass is 9.82. The number of hydrogen-bond donors (Lipinski definition) is 4. The molecule has 6 aromatic rings. The molecule has 7 N–H and O–H groups in total. The highest BCUT2D eigenvalue weighted by atomic mass is 32.1. The summed E-state index contributed by atoms with van der Waals surface area (Å²) in [7, 11) is 2.62. The van der Waals surface area contributed by atoms with Gasteiger partial charge in [0.25, 0.3) is 11.6 Å². The molecule has 3 unspecified atom stereocenters. The van der Waals surface area contributed by atoms with Gasteiger partial charge in [-0.25, -0.2) is 34.5 Å². The third-order valence-corrected chi connectivity index (χ3v) is 16.3. The van der Waals surface area contributed by atoms with Crippen molar-refractivity contribution >= 4 is 46.2 Å². The summed E-state index contributed by atoms with van der Waals surface area (Å²) in [4.78, 5) is 75.7. The molecule has 4 amide bonds. The number of fused-ring (bicyclic) bond motifs is 5. The Kier molecular flexibility index (Phi) is 13.9. The van der Waals surface area contributed by atoms with Crippen molar-refractivity contribution in [1.82, 2.24) is 35.0 Å². The molecule has 73 heavy (non-hydrogen) atoms. The van der Waals surface area contributed by atoms with Crippen molar-refractivity contribution in [3.8, 4) is 39.5 Å². The Morgan fingerprint density at radius 3 is 2.18 bits per heavy atom. The highest BCUT2D eigenvalue weighted by Gasteiger charge is 2.45. The van der Waals surface area contributed by atoms with E-state index in [9.17, 15) is 19.2 Å². The average Bonchev–Trinajstić information content (AvgIpc) is 4.24. The van der Waals surface area contributed by atoms with E-state index in [1.165, 1.54) is 19.2 Å². The molecule has 0 bridgehead atoms. The molecule has 0 spiro atoms. The van der Waals surface area contributed by atoms with Crippen LogP contribution < -0.4 is 30.3 Å². The van der Waals surface area contributed by atoms with Crippen molar-refractivity contribution in [2.24, 2.45) is 11.8 Å². The van der Waals surface area contributed by atoms with E-state index in [2.05, 4.69) is 96.6 Å². The van der Waals surface area contributed by atoms with Gasteiger partial charge in [-0.05, 0) is 120 Å². The third kappa shape index (κ3) is 9.68. The Balaban J connectivity index is 0.950. The van der Waals surface area contributed by atoms with E-state index in [0.717, 1.165) is 111 Å². The van der Waals surface area contributed by atoms with Crippen molar-refractivity contribution in [3.63, 3.8) is 0 Å². The van der Waals surface area contributed by atoms with E-state index >= 15 is 0 Å². The standard InChI is InChI=1S/C54H66N10O8S/c1-9-12-43-55-28-42(73-43)51-64-37-16-15-31(35-26-56-47(58-35)39-14-11-19-63(39)50(66)46(61-53(68)70-8)32-17-20-71-54(5,6)25-32)22-34(37)23-40(64)44-30(4)21-33(24-41(44)72-51)36-27-57-48(59-36)38-13-10-18-62(38)49(65)45(29(2)3)60-52(67)69-7/h15-16,21-24,26-29,32,38-39,45-46,51H,9-14,17-20,25H2,1-8H3,(H,56,58)(H,57,59)(H,60,67)(H,61,68)/p+3/t32?,38-,39-,45-,46?,51?/m0/s1. The third-order valence-electron chi connectivity index (χ3n) is 15.2. The first-order valence-electron chi connectivity index (χ1n) is 25.8. The van der Waals surface area contributed by atoms with Gasteiger partial charge in [-0.3, -0.25) is 14.2 Å². The predicted octanol–water partition coefficient (Wildman–Crippen LogP) is 7.64. The maximum Gasteiger partial charge on any atom is 0.407 e. The van der Waals surface area contributed by atoms with Crippen LogP contribution in [0.25, 0.3) is 44.7 Å². The number of aryl methyl sites for hydroxylation is 2. The van der Waals surface area contributed by atoms with Gasteiger partial charge in [0, 0.05) is 48.2 Å². The number of hydrogen-bond acceptors (Lipinski definition) is 9. The van der Waals surface area contributed by atoms with Crippen LogP contribution in [0.3, 0.4) is 0 Å². The van der Waals surface area contributed by atoms with E-state index < -0.39 is 36.1 Å². The summed E-state index contributed by atoms with van der Waals surface area (Å²) in [6, 6.07) is 11.2. The van der Waals surface area contributed by atoms with Crippen molar-refractivity contribution in [3.05, 3.63) is 82.1 Å². The molecule has 0 radical (unpaired) electrons. The maximum absolute atomic E-state index is 14.5. The Bertz CT molecular complexity index is 3040. The smallest absolute Gasteiger partial charge is 0.407 e. The van der Waals surface area contributed by atoms with Crippen LogP contribution in [-0.4, -0.2) is 99.9 Å². The number of benzene rings is 2. The van der Waals surface area contributed by atoms with Crippen LogP contribution in [0.5, 0.6) is 5.75 Å². The highest BCUT2D eigenvalue weighted by molar-refractivity contribution is 7.11. The van der Waals surface area contributed by atoms with Crippen LogP contribution in [0, 0.1) is 18.8 Å². The Morgan fingerprint density at radius 1 is 0.849 bits per heavy atom. The summed E-state index contributed by atoms with van der Waals surface area (Å²) in [5.41, 5.74) is 7.44. The highest BCUT2D eigenvalue weighted by Crippen LogP contribution is 2.48. The van der Waals surface area contributed by atoms with Gasteiger partial charge in [0.15, 0.2) is 17.6 Å². The number of aromatic amines is 5. The molecule has 386 valence electrons. The first-order valence-corrected chi connectivity index (χ1v) is 26.6. The van der Waals surface area contributed by atoms with E-state index in [-0.39, 0.29) is 35.7 Å². The number of methoxy groups -OCH3 is 2. The molecule has 2 aromatic carbocycles. The molecule has 10 rings (SSSR count). The SMILES string of the molecule is CCCc1[nH+]cc(C2Oc3cc(-c4c[nH+]c([C@@H]5CCCN5C(=O)[C@@H](NC(=O)OC)C(C)C)[nH]4)cc(C)c3-c3cc4cc(-c5c[nH+]c([C@@H]6CCCN6C(=O)C(NC(=O)OC)C6CCOC(C)(C)C6)[nH]5)ccc4n32)s1. The number of imidazole rings is 2. The van der Waals surface area contributed by atoms with Crippen LogP contribution in [0.2, 0.25) is 0 Å². The van der Waals surface area contributed by atoms with Gasteiger partial charge in [0.1, 0.15) is 47.2 Å². The zero-order valence-corrected chi connectivity index (χ0v) is 43.8. The fourth-order valence-corrected chi connectivity index (χ4v) is 12.7. The molecular formula is C54H69N10O8S+3. The first kappa shape index (κ1) is 49.8. The minimum absolute atomic E-state index is 0.0959. The molecule has 8 heterocycles. The Morgan fingerprint density at radius 2 is 1.52 bits per heavy atom. The van der Waals surface area contributed by atoms with Crippen LogP contribution >= 0.6 is 11.3 Å². The van der Waals surface area contributed by atoms with Crippen molar-refractivity contribution in [1.29, 1.82) is 0 Å². The number of likely N-dealkylation sites (tertiary alicyclic amines) is 2. The van der Waals surface area contributed by atoms with Gasteiger partial charge in [0.05, 0.1) is 31.0 Å². The molecular weight excluding hydrogens is 949 g/mol. The average molecular weight is 1020 g/mol. The fraction of sp³-hybridized carbons (Fsp3) is 0.500. The van der Waals surface area contributed by atoms with Crippen LogP contribution in [0.4, 0.5) is 9.59 Å². The molecule has 0 aliphatic carbocycles. The van der Waals surface area contributed by atoms with Crippen LogP contribution in [-0.2, 0) is 30.2 Å². The monoisotopic (exact) mass is 1020 g/mol. The van der Waals surface area contributed by atoms with Crippen LogP contribution in [0.15, 0.2) is 55.0 Å². The van der Waals surface area contributed by atoms with Crippen LogP contribution in [0.1, 0.15) is 125 Å². The predicted molar refractivity (Wildman–Crippen MR) is 272 cm³/mol. The molecule has 19 heteroatoms. The number of H-pyrrole nitrogens is 5. The lowest BCUT2D eigenvalue weighted by Gasteiger charge is -2.40. The molecule has 0 saturated carbocycles. The molecule has 3 fully saturated rings. The van der Waals surface area contributed by atoms with Crippen molar-refractivity contribution < 1.29 is 53.1 Å². The molecule has 4 aliphatic rings. The Hall–Kier alpha value is -6.73. The molecule has 4 aliphatic heterocycles. The van der Waals surface area contributed by atoms with Gasteiger partial charge >= 0.3 is 12.2 Å². The van der Waals surface area contributed by atoms with Crippen molar-refractivity contribution in [2.45, 2.75) is 129 Å². The zero-order valence-electron chi connectivity index (χ0n) is 43.0. The summed E-state index contributed by atoms with van der Waals surface area (Å²) in [6.07, 6.45) is 10.8. The quantitative estimate of drug-likeness (QED) is 0.0900.